The minimum atomic E-state index is 0.136. The molecule has 1 atom stereocenters. The van der Waals surface area contributed by atoms with E-state index in [1.807, 2.05) is 29.2 Å². The minimum Gasteiger partial charge on any atom is -0.310 e. The van der Waals surface area contributed by atoms with Gasteiger partial charge in [0.15, 0.2) is 0 Å². The predicted molar refractivity (Wildman–Crippen MR) is 82.4 cm³/mol. The molecular weight excluding hydrogens is 286 g/mol. The fourth-order valence-corrected chi connectivity index (χ4v) is 2.65. The summed E-state index contributed by atoms with van der Waals surface area (Å²) < 4.78 is 1.83. The maximum absolute atomic E-state index is 6.22. The van der Waals surface area contributed by atoms with E-state index in [4.69, 9.17) is 11.6 Å². The van der Waals surface area contributed by atoms with Gasteiger partial charge >= 0.3 is 0 Å². The molecule has 0 bridgehead atoms. The van der Waals surface area contributed by atoms with Gasteiger partial charge in [0.1, 0.15) is 0 Å². The normalized spacial score (nSPS) is 12.7. The number of halogens is 1. The third-order valence-electron chi connectivity index (χ3n) is 3.46. The average Bonchev–Trinajstić information content (AvgIpc) is 2.93. The fourth-order valence-electron chi connectivity index (χ4n) is 2.45. The van der Waals surface area contributed by atoms with Crippen molar-refractivity contribution in [3.05, 3.63) is 59.4 Å². The number of pyridine rings is 1. The lowest BCUT2D eigenvalue weighted by Crippen LogP contribution is -2.23. The van der Waals surface area contributed by atoms with Crippen LogP contribution in [0.2, 0.25) is 5.02 Å². The van der Waals surface area contributed by atoms with Gasteiger partial charge in [0.2, 0.25) is 0 Å². The summed E-state index contributed by atoms with van der Waals surface area (Å²) in [5, 5.41) is 8.56. The monoisotopic (exact) mass is 301 g/mol. The molecular formula is C15H16ClN5. The third-order valence-corrected chi connectivity index (χ3v) is 3.80. The summed E-state index contributed by atoms with van der Waals surface area (Å²) in [6, 6.07) is 2.09. The summed E-state index contributed by atoms with van der Waals surface area (Å²) in [6.07, 6.45) is 11.5. The van der Waals surface area contributed by atoms with E-state index in [1.165, 1.54) is 0 Å². The molecule has 0 aromatic carbocycles. The first-order valence-corrected chi connectivity index (χ1v) is 7.26. The number of hydrogen-bond donors (Lipinski definition) is 1. The molecule has 1 unspecified atom stereocenters. The molecule has 0 radical (unpaired) electrons. The third kappa shape index (κ3) is 2.89. The Kier molecular flexibility index (Phi) is 4.13. The topological polar surface area (TPSA) is 55.1 Å². The van der Waals surface area contributed by atoms with Crippen LogP contribution in [0, 0.1) is 0 Å². The zero-order valence-corrected chi connectivity index (χ0v) is 12.5. The highest BCUT2D eigenvalue weighted by Crippen LogP contribution is 2.25. The van der Waals surface area contributed by atoms with Crippen LogP contribution in [-0.4, -0.2) is 26.1 Å². The molecule has 0 saturated carbocycles. The maximum atomic E-state index is 6.22. The Hall–Kier alpha value is -1.98. The van der Waals surface area contributed by atoms with E-state index in [9.17, 15) is 0 Å². The quantitative estimate of drug-likeness (QED) is 0.787. The SMILES string of the molecule is CCNC(Cc1ccncc1Cl)c1cnn2ccncc12. The van der Waals surface area contributed by atoms with Crippen molar-refractivity contribution in [2.75, 3.05) is 6.54 Å². The molecule has 0 aliphatic carbocycles. The Morgan fingerprint density at radius 3 is 2.90 bits per heavy atom. The van der Waals surface area contributed by atoms with Gasteiger partial charge < -0.3 is 5.32 Å². The molecule has 21 heavy (non-hydrogen) atoms. The van der Waals surface area contributed by atoms with E-state index in [2.05, 4.69) is 27.3 Å². The highest BCUT2D eigenvalue weighted by Gasteiger charge is 2.17. The zero-order valence-electron chi connectivity index (χ0n) is 11.7. The Morgan fingerprint density at radius 2 is 2.10 bits per heavy atom. The van der Waals surface area contributed by atoms with Crippen LogP contribution in [-0.2, 0) is 6.42 Å². The number of hydrogen-bond acceptors (Lipinski definition) is 4. The first-order chi connectivity index (χ1) is 10.3. The van der Waals surface area contributed by atoms with Crippen LogP contribution in [0.1, 0.15) is 24.1 Å². The van der Waals surface area contributed by atoms with Crippen molar-refractivity contribution in [2.45, 2.75) is 19.4 Å². The van der Waals surface area contributed by atoms with Gasteiger partial charge in [0.05, 0.1) is 22.9 Å². The van der Waals surface area contributed by atoms with Gasteiger partial charge in [-0.15, -0.1) is 0 Å². The largest absolute Gasteiger partial charge is 0.310 e. The number of aromatic nitrogens is 4. The molecule has 0 spiro atoms. The number of nitrogens with zero attached hydrogens (tertiary/aromatic N) is 4. The molecule has 3 aromatic heterocycles. The molecule has 0 amide bonds. The Balaban J connectivity index is 1.96. The predicted octanol–water partition coefficient (Wildman–Crippen LogP) is 2.67. The molecule has 1 N–H and O–H groups in total. The summed E-state index contributed by atoms with van der Waals surface area (Å²) in [5.41, 5.74) is 3.20. The second kappa shape index (κ2) is 6.20. The molecule has 3 heterocycles. The lowest BCUT2D eigenvalue weighted by atomic mass is 10.0. The van der Waals surface area contributed by atoms with E-state index >= 15 is 0 Å². The maximum Gasteiger partial charge on any atom is 0.0892 e. The first-order valence-electron chi connectivity index (χ1n) is 6.88. The van der Waals surface area contributed by atoms with Crippen LogP contribution in [0.25, 0.3) is 5.52 Å². The molecule has 5 nitrogen and oxygen atoms in total. The zero-order chi connectivity index (χ0) is 14.7. The molecule has 6 heteroatoms. The number of likely N-dealkylation sites (N-methyl/N-ethyl adjacent to an activating group) is 1. The van der Waals surface area contributed by atoms with Crippen molar-refractivity contribution in [1.29, 1.82) is 0 Å². The Labute approximate surface area is 128 Å². The fraction of sp³-hybridized carbons (Fsp3) is 0.267. The van der Waals surface area contributed by atoms with Gasteiger partial charge in [-0.3, -0.25) is 9.97 Å². The van der Waals surface area contributed by atoms with Crippen molar-refractivity contribution in [3.8, 4) is 0 Å². The second-order valence-electron chi connectivity index (χ2n) is 4.79. The van der Waals surface area contributed by atoms with Gasteiger partial charge in [-0.2, -0.15) is 5.10 Å². The van der Waals surface area contributed by atoms with E-state index < -0.39 is 0 Å². The number of fused-ring (bicyclic) bond motifs is 1. The van der Waals surface area contributed by atoms with Crippen LogP contribution in [0.15, 0.2) is 43.2 Å². The van der Waals surface area contributed by atoms with Crippen molar-refractivity contribution in [1.82, 2.24) is 24.9 Å². The molecule has 108 valence electrons. The highest BCUT2D eigenvalue weighted by atomic mass is 35.5. The minimum absolute atomic E-state index is 0.136. The standard InChI is InChI=1S/C15H16ClN5/c1-2-19-14(7-11-3-4-17-9-13(11)16)12-8-20-21-6-5-18-10-15(12)21/h3-6,8-10,14,19H,2,7H2,1H3. The second-order valence-corrected chi connectivity index (χ2v) is 5.19. The van der Waals surface area contributed by atoms with Gasteiger partial charge in [0.25, 0.3) is 0 Å². The van der Waals surface area contributed by atoms with Gasteiger partial charge in [0, 0.05) is 36.4 Å². The summed E-state index contributed by atoms with van der Waals surface area (Å²) in [6.45, 7) is 2.95. The summed E-state index contributed by atoms with van der Waals surface area (Å²) >= 11 is 6.22. The van der Waals surface area contributed by atoms with E-state index in [0.717, 1.165) is 29.6 Å². The lowest BCUT2D eigenvalue weighted by Gasteiger charge is -2.17. The van der Waals surface area contributed by atoms with Crippen LogP contribution < -0.4 is 5.32 Å². The van der Waals surface area contributed by atoms with Crippen LogP contribution in [0.3, 0.4) is 0 Å². The van der Waals surface area contributed by atoms with E-state index in [-0.39, 0.29) is 6.04 Å². The molecule has 0 saturated heterocycles. The molecule has 3 aromatic rings. The van der Waals surface area contributed by atoms with Crippen LogP contribution in [0.4, 0.5) is 0 Å². The Bertz CT molecular complexity index is 740. The molecule has 0 aliphatic heterocycles. The summed E-state index contributed by atoms with van der Waals surface area (Å²) in [7, 11) is 0. The van der Waals surface area contributed by atoms with Crippen molar-refractivity contribution >= 4 is 17.1 Å². The average molecular weight is 302 g/mol. The van der Waals surface area contributed by atoms with E-state index in [0.29, 0.717) is 5.02 Å². The van der Waals surface area contributed by atoms with Gasteiger partial charge in [-0.1, -0.05) is 18.5 Å². The van der Waals surface area contributed by atoms with Crippen molar-refractivity contribution < 1.29 is 0 Å². The first kappa shape index (κ1) is 14.0. The van der Waals surface area contributed by atoms with Gasteiger partial charge in [-0.05, 0) is 24.6 Å². The highest BCUT2D eigenvalue weighted by molar-refractivity contribution is 6.31. The van der Waals surface area contributed by atoms with Crippen molar-refractivity contribution in [2.24, 2.45) is 0 Å². The number of rotatable bonds is 5. The molecule has 0 aliphatic rings. The van der Waals surface area contributed by atoms with Gasteiger partial charge in [-0.25, -0.2) is 4.52 Å². The number of nitrogens with one attached hydrogen (secondary N) is 1. The van der Waals surface area contributed by atoms with Crippen molar-refractivity contribution in [3.63, 3.8) is 0 Å². The summed E-state index contributed by atoms with van der Waals surface area (Å²) in [5.74, 6) is 0. The Morgan fingerprint density at radius 1 is 1.24 bits per heavy atom. The molecule has 0 fully saturated rings. The smallest absolute Gasteiger partial charge is 0.0892 e. The van der Waals surface area contributed by atoms with E-state index in [1.54, 1.807) is 18.6 Å². The molecule has 3 rings (SSSR count). The lowest BCUT2D eigenvalue weighted by molar-refractivity contribution is 0.553. The van der Waals surface area contributed by atoms with Crippen LogP contribution in [0.5, 0.6) is 0 Å². The van der Waals surface area contributed by atoms with Crippen LogP contribution >= 0.6 is 11.6 Å². The summed E-state index contributed by atoms with van der Waals surface area (Å²) in [4.78, 5) is 8.22.